The first-order valence-corrected chi connectivity index (χ1v) is 7.32. The average molecular weight is 307 g/mol. The number of amides is 1. The van der Waals surface area contributed by atoms with Gasteiger partial charge in [0.25, 0.3) is 5.91 Å². The van der Waals surface area contributed by atoms with Crippen LogP contribution in [-0.4, -0.2) is 21.2 Å². The minimum atomic E-state index is -0.134. The van der Waals surface area contributed by atoms with E-state index in [0.717, 1.165) is 22.3 Å². The van der Waals surface area contributed by atoms with Crippen molar-refractivity contribution in [2.75, 3.05) is 0 Å². The van der Waals surface area contributed by atoms with E-state index in [4.69, 9.17) is 5.11 Å². The fraction of sp³-hybridized carbons (Fsp3) is 0.111. The quantitative estimate of drug-likeness (QED) is 0.677. The smallest absolute Gasteiger partial charge is 0.251 e. The normalized spacial score (nSPS) is 10.5. The van der Waals surface area contributed by atoms with E-state index in [0.29, 0.717) is 12.1 Å². The summed E-state index contributed by atoms with van der Waals surface area (Å²) in [6.45, 7) is 0.414. The van der Waals surface area contributed by atoms with E-state index in [1.807, 2.05) is 42.5 Å². The second kappa shape index (κ2) is 6.89. The number of carbonyl (C=O) groups is 1. The lowest BCUT2D eigenvalue weighted by Crippen LogP contribution is -2.22. The maximum atomic E-state index is 12.3. The van der Waals surface area contributed by atoms with Crippen LogP contribution >= 0.6 is 0 Å². The van der Waals surface area contributed by atoms with Crippen LogP contribution in [0.3, 0.4) is 0 Å². The van der Waals surface area contributed by atoms with E-state index in [1.165, 1.54) is 0 Å². The third kappa shape index (κ3) is 3.64. The monoisotopic (exact) mass is 307 g/mol. The lowest BCUT2D eigenvalue weighted by atomic mass is 10.1. The summed E-state index contributed by atoms with van der Waals surface area (Å²) in [5, 5.41) is 18.7. The summed E-state index contributed by atoms with van der Waals surface area (Å²) in [7, 11) is 0. The Morgan fingerprint density at radius 1 is 1.09 bits per heavy atom. The molecule has 5 heteroatoms. The van der Waals surface area contributed by atoms with Crippen LogP contribution in [0, 0.1) is 0 Å². The van der Waals surface area contributed by atoms with Gasteiger partial charge in [0.2, 0.25) is 0 Å². The molecule has 0 saturated carbocycles. The van der Waals surface area contributed by atoms with Gasteiger partial charge >= 0.3 is 0 Å². The lowest BCUT2D eigenvalue weighted by molar-refractivity contribution is 0.0951. The molecule has 0 radical (unpaired) electrons. The summed E-state index contributed by atoms with van der Waals surface area (Å²) in [6, 6.07) is 14.9. The Hall–Kier alpha value is -2.92. The highest BCUT2D eigenvalue weighted by molar-refractivity contribution is 5.95. The van der Waals surface area contributed by atoms with Crippen LogP contribution in [0.25, 0.3) is 11.1 Å². The van der Waals surface area contributed by atoms with Crippen LogP contribution in [0.15, 0.2) is 60.9 Å². The van der Waals surface area contributed by atoms with Crippen LogP contribution in [0.4, 0.5) is 0 Å². The summed E-state index contributed by atoms with van der Waals surface area (Å²) in [5.41, 5.74) is 4.26. The SMILES string of the molecule is O=C(NCc1cccc(CO)c1)c1cccc(-c2cn[nH]c2)c1. The molecular formula is C18H17N3O2. The first-order chi connectivity index (χ1) is 11.3. The maximum Gasteiger partial charge on any atom is 0.251 e. The van der Waals surface area contributed by atoms with E-state index >= 15 is 0 Å². The van der Waals surface area contributed by atoms with Gasteiger partial charge in [-0.25, -0.2) is 0 Å². The fourth-order valence-electron chi connectivity index (χ4n) is 2.37. The van der Waals surface area contributed by atoms with Gasteiger partial charge in [-0.15, -0.1) is 0 Å². The molecule has 1 aromatic heterocycles. The number of hydrogen-bond donors (Lipinski definition) is 3. The molecule has 23 heavy (non-hydrogen) atoms. The van der Waals surface area contributed by atoms with Crippen LogP contribution < -0.4 is 5.32 Å². The van der Waals surface area contributed by atoms with E-state index in [1.54, 1.807) is 18.5 Å². The zero-order valence-electron chi connectivity index (χ0n) is 12.5. The fourth-order valence-corrected chi connectivity index (χ4v) is 2.37. The predicted octanol–water partition coefficient (Wildman–Crippen LogP) is 2.50. The molecule has 116 valence electrons. The van der Waals surface area contributed by atoms with Crippen molar-refractivity contribution in [3.63, 3.8) is 0 Å². The first-order valence-electron chi connectivity index (χ1n) is 7.32. The molecular weight excluding hydrogens is 290 g/mol. The highest BCUT2D eigenvalue weighted by Crippen LogP contribution is 2.18. The molecule has 3 aromatic rings. The molecule has 1 amide bonds. The molecule has 0 atom stereocenters. The highest BCUT2D eigenvalue weighted by atomic mass is 16.3. The van der Waals surface area contributed by atoms with Crippen LogP contribution in [0.5, 0.6) is 0 Å². The van der Waals surface area contributed by atoms with Crippen molar-refractivity contribution in [1.82, 2.24) is 15.5 Å². The summed E-state index contributed by atoms with van der Waals surface area (Å²) in [5.74, 6) is -0.134. The van der Waals surface area contributed by atoms with E-state index in [9.17, 15) is 4.79 Å². The van der Waals surface area contributed by atoms with Gasteiger partial charge in [-0.05, 0) is 28.8 Å². The number of benzene rings is 2. The van der Waals surface area contributed by atoms with Crippen molar-refractivity contribution >= 4 is 5.91 Å². The molecule has 2 aromatic carbocycles. The predicted molar refractivity (Wildman–Crippen MR) is 87.6 cm³/mol. The van der Waals surface area contributed by atoms with Crippen molar-refractivity contribution in [3.8, 4) is 11.1 Å². The first kappa shape index (κ1) is 15.0. The Labute approximate surface area is 134 Å². The van der Waals surface area contributed by atoms with E-state index in [-0.39, 0.29) is 12.5 Å². The average Bonchev–Trinajstić information content (AvgIpc) is 3.14. The molecule has 0 bridgehead atoms. The number of aromatic nitrogens is 2. The van der Waals surface area contributed by atoms with Gasteiger partial charge in [-0.3, -0.25) is 9.89 Å². The maximum absolute atomic E-state index is 12.3. The number of rotatable bonds is 5. The number of nitrogens with zero attached hydrogens (tertiary/aromatic N) is 1. The molecule has 0 fully saturated rings. The van der Waals surface area contributed by atoms with Gasteiger partial charge < -0.3 is 10.4 Å². The summed E-state index contributed by atoms with van der Waals surface area (Å²) in [4.78, 5) is 12.3. The number of aromatic amines is 1. The number of hydrogen-bond acceptors (Lipinski definition) is 3. The second-order valence-electron chi connectivity index (χ2n) is 5.23. The van der Waals surface area contributed by atoms with E-state index in [2.05, 4.69) is 15.5 Å². The number of carbonyl (C=O) groups excluding carboxylic acids is 1. The van der Waals surface area contributed by atoms with Gasteiger partial charge in [0.05, 0.1) is 12.8 Å². The van der Waals surface area contributed by atoms with Gasteiger partial charge in [0.15, 0.2) is 0 Å². The van der Waals surface area contributed by atoms with Crippen LogP contribution in [0.1, 0.15) is 21.5 Å². The van der Waals surface area contributed by atoms with Crippen molar-refractivity contribution in [2.24, 2.45) is 0 Å². The number of aliphatic hydroxyl groups excluding tert-OH is 1. The Morgan fingerprint density at radius 3 is 2.70 bits per heavy atom. The Kier molecular flexibility index (Phi) is 4.49. The largest absolute Gasteiger partial charge is 0.392 e. The molecule has 1 heterocycles. The van der Waals surface area contributed by atoms with Gasteiger partial charge in [0, 0.05) is 23.9 Å². The minimum Gasteiger partial charge on any atom is -0.392 e. The topological polar surface area (TPSA) is 78.0 Å². The molecule has 3 rings (SSSR count). The molecule has 0 unspecified atom stereocenters. The zero-order valence-corrected chi connectivity index (χ0v) is 12.5. The zero-order chi connectivity index (χ0) is 16.1. The van der Waals surface area contributed by atoms with Gasteiger partial charge in [-0.2, -0.15) is 5.10 Å². The number of nitrogens with one attached hydrogen (secondary N) is 2. The van der Waals surface area contributed by atoms with Crippen molar-refractivity contribution < 1.29 is 9.90 Å². The lowest BCUT2D eigenvalue weighted by Gasteiger charge is -2.07. The highest BCUT2D eigenvalue weighted by Gasteiger charge is 2.07. The van der Waals surface area contributed by atoms with Crippen molar-refractivity contribution in [3.05, 3.63) is 77.6 Å². The summed E-state index contributed by atoms with van der Waals surface area (Å²) < 4.78 is 0. The third-order valence-electron chi connectivity index (χ3n) is 3.58. The molecule has 0 spiro atoms. The molecule has 0 saturated heterocycles. The molecule has 0 aliphatic carbocycles. The number of H-pyrrole nitrogens is 1. The van der Waals surface area contributed by atoms with Crippen LogP contribution in [0.2, 0.25) is 0 Å². The Bertz CT molecular complexity index is 798. The third-order valence-corrected chi connectivity index (χ3v) is 3.58. The Balaban J connectivity index is 1.70. The summed E-state index contributed by atoms with van der Waals surface area (Å²) in [6.07, 6.45) is 3.51. The van der Waals surface area contributed by atoms with Crippen LogP contribution in [-0.2, 0) is 13.2 Å². The molecule has 5 nitrogen and oxygen atoms in total. The van der Waals surface area contributed by atoms with E-state index < -0.39 is 0 Å². The van der Waals surface area contributed by atoms with Crippen molar-refractivity contribution in [1.29, 1.82) is 0 Å². The minimum absolute atomic E-state index is 0.00542. The van der Waals surface area contributed by atoms with Gasteiger partial charge in [-0.1, -0.05) is 36.4 Å². The molecule has 3 N–H and O–H groups in total. The van der Waals surface area contributed by atoms with Crippen molar-refractivity contribution in [2.45, 2.75) is 13.2 Å². The standard InChI is InChI=1S/C18H17N3O2/c22-12-14-4-1-3-13(7-14)9-19-18(23)16-6-2-5-15(8-16)17-10-20-21-11-17/h1-8,10-11,22H,9,12H2,(H,19,23)(H,20,21). The number of aliphatic hydroxyl groups is 1. The Morgan fingerprint density at radius 2 is 1.91 bits per heavy atom. The molecule has 0 aliphatic heterocycles. The molecule has 0 aliphatic rings. The van der Waals surface area contributed by atoms with Gasteiger partial charge in [0.1, 0.15) is 0 Å². The second-order valence-corrected chi connectivity index (χ2v) is 5.23. The summed E-state index contributed by atoms with van der Waals surface area (Å²) >= 11 is 0.